The van der Waals surface area contributed by atoms with Crippen LogP contribution in [0.2, 0.25) is 0 Å². The number of nitro groups is 1. The Hall–Kier alpha value is -2.68. The van der Waals surface area contributed by atoms with Gasteiger partial charge in [-0.2, -0.15) is 0 Å². The summed E-state index contributed by atoms with van der Waals surface area (Å²) in [6.45, 7) is 4.75. The number of esters is 1. The minimum atomic E-state index is -0.891. The molecule has 25 heavy (non-hydrogen) atoms. The highest BCUT2D eigenvalue weighted by Gasteiger charge is 2.43. The second kappa shape index (κ2) is 7.47. The maximum atomic E-state index is 12.5. The second-order valence-corrected chi connectivity index (χ2v) is 5.82. The third-order valence-corrected chi connectivity index (χ3v) is 4.11. The van der Waals surface area contributed by atoms with Crippen molar-refractivity contribution in [1.29, 1.82) is 0 Å². The molecular formula is C16H17N3O5S. The molecule has 9 heteroatoms. The van der Waals surface area contributed by atoms with Gasteiger partial charge in [0.1, 0.15) is 5.92 Å². The Bertz CT molecular complexity index is 777. The Kier molecular flexibility index (Phi) is 5.58. The van der Waals surface area contributed by atoms with Crippen LogP contribution in [0.5, 0.6) is 0 Å². The first-order valence-electron chi connectivity index (χ1n) is 7.57. The van der Waals surface area contributed by atoms with Gasteiger partial charge in [-0.3, -0.25) is 24.6 Å². The molecule has 1 aromatic carbocycles. The van der Waals surface area contributed by atoms with E-state index in [0.717, 1.165) is 0 Å². The van der Waals surface area contributed by atoms with Gasteiger partial charge in [-0.25, -0.2) is 4.99 Å². The zero-order chi connectivity index (χ0) is 18.7. The predicted molar refractivity (Wildman–Crippen MR) is 94.2 cm³/mol. The van der Waals surface area contributed by atoms with Gasteiger partial charge in [0.05, 0.1) is 17.6 Å². The van der Waals surface area contributed by atoms with Gasteiger partial charge in [-0.05, 0) is 31.6 Å². The summed E-state index contributed by atoms with van der Waals surface area (Å²) < 4.78 is 5.11. The van der Waals surface area contributed by atoms with E-state index in [2.05, 4.69) is 4.99 Å². The Morgan fingerprint density at radius 1 is 1.44 bits per heavy atom. The molecule has 2 rings (SSSR count). The maximum absolute atomic E-state index is 12.5. The van der Waals surface area contributed by atoms with Crippen LogP contribution in [-0.2, 0) is 14.3 Å². The van der Waals surface area contributed by atoms with Crippen LogP contribution in [0.4, 0.5) is 5.69 Å². The number of rotatable bonds is 4. The Balaban J connectivity index is 2.63. The summed E-state index contributed by atoms with van der Waals surface area (Å²) in [7, 11) is 0. The smallest absolute Gasteiger partial charge is 0.317 e. The summed E-state index contributed by atoms with van der Waals surface area (Å²) in [4.78, 5) is 40.5. The zero-order valence-electron chi connectivity index (χ0n) is 14.0. The fourth-order valence-electron chi connectivity index (χ4n) is 2.80. The second-order valence-electron chi connectivity index (χ2n) is 5.45. The first-order chi connectivity index (χ1) is 11.8. The summed E-state index contributed by atoms with van der Waals surface area (Å²) in [5.74, 6) is -1.86. The molecule has 8 nitrogen and oxygen atoms in total. The number of non-ortho nitro benzene ring substituents is 1. The minimum Gasteiger partial charge on any atom is -0.465 e. The van der Waals surface area contributed by atoms with Crippen molar-refractivity contribution in [2.45, 2.75) is 26.8 Å². The van der Waals surface area contributed by atoms with Crippen LogP contribution in [0.15, 0.2) is 29.3 Å². The van der Waals surface area contributed by atoms with E-state index in [0.29, 0.717) is 11.3 Å². The minimum absolute atomic E-state index is 0.0158. The van der Waals surface area contributed by atoms with E-state index < -0.39 is 28.8 Å². The molecule has 0 bridgehead atoms. The monoisotopic (exact) mass is 363 g/mol. The van der Waals surface area contributed by atoms with Crippen molar-refractivity contribution in [3.63, 3.8) is 0 Å². The van der Waals surface area contributed by atoms with Crippen LogP contribution < -0.4 is 0 Å². The van der Waals surface area contributed by atoms with Crippen molar-refractivity contribution >= 4 is 40.6 Å². The molecule has 0 radical (unpaired) electrons. The fourth-order valence-corrected chi connectivity index (χ4v) is 3.18. The molecule has 0 aliphatic carbocycles. The lowest BCUT2D eigenvalue weighted by Crippen LogP contribution is -2.48. The number of carbonyl (C=O) groups excluding carboxylic acids is 2. The average Bonchev–Trinajstić information content (AvgIpc) is 2.53. The van der Waals surface area contributed by atoms with Crippen LogP contribution in [0.3, 0.4) is 0 Å². The lowest BCUT2D eigenvalue weighted by molar-refractivity contribution is -0.385. The van der Waals surface area contributed by atoms with E-state index in [1.54, 1.807) is 19.9 Å². The van der Waals surface area contributed by atoms with Crippen LogP contribution in [-0.4, -0.2) is 39.1 Å². The van der Waals surface area contributed by atoms with Gasteiger partial charge in [0.2, 0.25) is 11.0 Å². The Labute approximate surface area is 149 Å². The highest BCUT2D eigenvalue weighted by molar-refractivity contribution is 7.80. The molecule has 0 aromatic heterocycles. The van der Waals surface area contributed by atoms with Crippen LogP contribution in [0, 0.1) is 16.0 Å². The molecule has 1 aliphatic rings. The van der Waals surface area contributed by atoms with E-state index in [9.17, 15) is 19.7 Å². The van der Waals surface area contributed by atoms with Gasteiger partial charge in [0.25, 0.3) is 5.69 Å². The first kappa shape index (κ1) is 18.7. The molecule has 1 amide bonds. The van der Waals surface area contributed by atoms with Gasteiger partial charge in [0, 0.05) is 24.8 Å². The van der Waals surface area contributed by atoms with Crippen molar-refractivity contribution in [2.75, 3.05) is 6.61 Å². The SMILES string of the molecule is CCOC(=O)C1C(C)=NC(=S)N(C(C)=O)C1c1cccc([N+](=O)[O-])c1. The van der Waals surface area contributed by atoms with E-state index in [1.165, 1.54) is 30.0 Å². The summed E-state index contributed by atoms with van der Waals surface area (Å²) in [5, 5.41) is 11.1. The third-order valence-electron chi connectivity index (χ3n) is 3.82. The third kappa shape index (κ3) is 3.71. The van der Waals surface area contributed by atoms with Crippen molar-refractivity contribution in [1.82, 2.24) is 4.90 Å². The fraction of sp³-hybridized carbons (Fsp3) is 0.375. The maximum Gasteiger partial charge on any atom is 0.317 e. The van der Waals surface area contributed by atoms with Gasteiger partial charge < -0.3 is 4.74 Å². The van der Waals surface area contributed by atoms with E-state index in [-0.39, 0.29) is 17.4 Å². The molecule has 0 saturated heterocycles. The molecule has 2 unspecified atom stereocenters. The van der Waals surface area contributed by atoms with Crippen molar-refractivity contribution in [3.8, 4) is 0 Å². The summed E-state index contributed by atoms with van der Waals surface area (Å²) in [5.41, 5.74) is 0.672. The number of ether oxygens (including phenoxy) is 1. The molecule has 132 valence electrons. The van der Waals surface area contributed by atoms with Gasteiger partial charge in [-0.1, -0.05) is 12.1 Å². The molecule has 1 heterocycles. The van der Waals surface area contributed by atoms with Crippen LogP contribution in [0.25, 0.3) is 0 Å². The van der Waals surface area contributed by atoms with Crippen molar-refractivity contribution in [3.05, 3.63) is 39.9 Å². The molecular weight excluding hydrogens is 346 g/mol. The number of thiocarbonyl (C=S) groups is 1. The van der Waals surface area contributed by atoms with Crippen LogP contribution >= 0.6 is 12.2 Å². The number of aliphatic imine (C=N–C) groups is 1. The normalized spacial score (nSPS) is 20.0. The first-order valence-corrected chi connectivity index (χ1v) is 7.98. The lowest BCUT2D eigenvalue weighted by Gasteiger charge is -2.38. The summed E-state index contributed by atoms with van der Waals surface area (Å²) >= 11 is 5.18. The van der Waals surface area contributed by atoms with E-state index in [4.69, 9.17) is 17.0 Å². The van der Waals surface area contributed by atoms with E-state index >= 15 is 0 Å². The van der Waals surface area contributed by atoms with Gasteiger partial charge in [0.15, 0.2) is 0 Å². The quantitative estimate of drug-likeness (QED) is 0.352. The summed E-state index contributed by atoms with van der Waals surface area (Å²) in [6, 6.07) is 4.93. The standard InChI is InChI=1S/C16H17N3O5S/c1-4-24-15(21)13-9(2)17-16(25)18(10(3)20)14(13)11-6-5-7-12(8-11)19(22)23/h5-8,13-14H,4H2,1-3H3. The zero-order valence-corrected chi connectivity index (χ0v) is 14.8. The molecule has 1 aliphatic heterocycles. The molecule has 0 N–H and O–H groups in total. The van der Waals surface area contributed by atoms with Crippen molar-refractivity contribution < 1.29 is 19.2 Å². The highest BCUT2D eigenvalue weighted by Crippen LogP contribution is 2.36. The highest BCUT2D eigenvalue weighted by atomic mass is 32.1. The molecule has 2 atom stereocenters. The average molecular weight is 363 g/mol. The topological polar surface area (TPSA) is 102 Å². The largest absolute Gasteiger partial charge is 0.465 e. The Morgan fingerprint density at radius 2 is 2.12 bits per heavy atom. The lowest BCUT2D eigenvalue weighted by atomic mass is 9.86. The number of nitro benzene ring substituents is 1. The van der Waals surface area contributed by atoms with Crippen LogP contribution in [0.1, 0.15) is 32.4 Å². The summed E-state index contributed by atoms with van der Waals surface area (Å²) in [6.07, 6.45) is 0. The molecule has 1 aromatic rings. The number of hydrogen-bond acceptors (Lipinski definition) is 6. The predicted octanol–water partition coefficient (Wildman–Crippen LogP) is 2.42. The number of amides is 1. The van der Waals surface area contributed by atoms with Gasteiger partial charge >= 0.3 is 5.97 Å². The number of carbonyl (C=O) groups is 2. The van der Waals surface area contributed by atoms with Crippen molar-refractivity contribution in [2.24, 2.45) is 10.9 Å². The molecule has 0 saturated carbocycles. The van der Waals surface area contributed by atoms with Gasteiger partial charge in [-0.15, -0.1) is 0 Å². The van der Waals surface area contributed by atoms with E-state index in [1.807, 2.05) is 0 Å². The molecule has 0 spiro atoms. The number of benzene rings is 1. The number of nitrogens with zero attached hydrogens (tertiary/aromatic N) is 3. The molecule has 0 fully saturated rings. The number of hydrogen-bond donors (Lipinski definition) is 0. The Morgan fingerprint density at radius 3 is 2.68 bits per heavy atom.